The zero-order chi connectivity index (χ0) is 11.9. The molecular formula is C10H9NO4S. The summed E-state index contributed by atoms with van der Waals surface area (Å²) in [6.45, 7) is 1.24. The quantitative estimate of drug-likeness (QED) is 0.766. The van der Waals surface area contributed by atoms with Gasteiger partial charge in [-0.3, -0.25) is 13.9 Å². The Morgan fingerprint density at radius 3 is 2.50 bits per heavy atom. The fourth-order valence-electron chi connectivity index (χ4n) is 1.64. The fraction of sp³-hybridized carbons (Fsp3) is 0.100. The van der Waals surface area contributed by atoms with Crippen molar-refractivity contribution in [2.45, 2.75) is 11.9 Å². The van der Waals surface area contributed by atoms with Gasteiger partial charge in [-0.1, -0.05) is 18.2 Å². The van der Waals surface area contributed by atoms with Gasteiger partial charge in [0.2, 0.25) is 5.91 Å². The van der Waals surface area contributed by atoms with Gasteiger partial charge >= 0.3 is 10.1 Å². The van der Waals surface area contributed by atoms with E-state index in [1.165, 1.54) is 13.0 Å². The number of benzene rings is 1. The summed E-state index contributed by atoms with van der Waals surface area (Å²) in [5, 5.41) is 0.187. The molecule has 0 amide bonds. The van der Waals surface area contributed by atoms with Crippen molar-refractivity contribution in [2.24, 2.45) is 0 Å². The summed E-state index contributed by atoms with van der Waals surface area (Å²) in [7, 11) is -4.40. The molecule has 2 rings (SSSR count). The predicted molar refractivity (Wildman–Crippen MR) is 58.1 cm³/mol. The van der Waals surface area contributed by atoms with Crippen LogP contribution in [0.1, 0.15) is 11.7 Å². The molecule has 2 aromatic rings. The van der Waals surface area contributed by atoms with Crippen molar-refractivity contribution in [1.29, 1.82) is 0 Å². The van der Waals surface area contributed by atoms with Crippen molar-refractivity contribution >= 4 is 26.9 Å². The SMILES string of the molecule is CC(=O)n1c(S(=O)(=O)O)cc2ccccc21. The van der Waals surface area contributed by atoms with Crippen LogP contribution in [0.4, 0.5) is 0 Å². The number of fused-ring (bicyclic) bond motifs is 1. The molecule has 16 heavy (non-hydrogen) atoms. The van der Waals surface area contributed by atoms with Crippen LogP contribution in [0.3, 0.4) is 0 Å². The molecule has 84 valence electrons. The Labute approximate surface area is 92.1 Å². The first-order chi connectivity index (χ1) is 7.41. The number of carbonyl (C=O) groups excluding carboxylic acids is 1. The summed E-state index contributed by atoms with van der Waals surface area (Å²) in [6, 6.07) is 7.97. The molecular weight excluding hydrogens is 230 g/mol. The minimum absolute atomic E-state index is 0.402. The van der Waals surface area contributed by atoms with Crippen LogP contribution >= 0.6 is 0 Å². The van der Waals surface area contributed by atoms with Crippen molar-refractivity contribution in [3.05, 3.63) is 30.3 Å². The average molecular weight is 239 g/mol. The molecule has 0 unspecified atom stereocenters. The van der Waals surface area contributed by atoms with Crippen molar-refractivity contribution in [2.75, 3.05) is 0 Å². The lowest BCUT2D eigenvalue weighted by Gasteiger charge is -2.02. The van der Waals surface area contributed by atoms with Gasteiger partial charge in [0.05, 0.1) is 5.52 Å². The second-order valence-electron chi connectivity index (χ2n) is 3.37. The van der Waals surface area contributed by atoms with Gasteiger partial charge < -0.3 is 0 Å². The van der Waals surface area contributed by atoms with Gasteiger partial charge in [-0.15, -0.1) is 0 Å². The molecule has 0 fully saturated rings. The topological polar surface area (TPSA) is 76.4 Å². The van der Waals surface area contributed by atoms with Crippen LogP contribution in [0.15, 0.2) is 35.4 Å². The molecule has 0 aliphatic carbocycles. The van der Waals surface area contributed by atoms with Gasteiger partial charge in [0.15, 0.2) is 5.03 Å². The first kappa shape index (κ1) is 10.8. The number of nitrogens with zero attached hydrogens (tertiary/aromatic N) is 1. The fourth-order valence-corrected chi connectivity index (χ4v) is 2.38. The second-order valence-corrected chi connectivity index (χ2v) is 4.74. The third kappa shape index (κ3) is 1.62. The normalized spacial score (nSPS) is 11.9. The Morgan fingerprint density at radius 1 is 1.31 bits per heavy atom. The Hall–Kier alpha value is -1.66. The van der Waals surface area contributed by atoms with E-state index in [0.29, 0.717) is 10.9 Å². The van der Waals surface area contributed by atoms with Gasteiger partial charge in [-0.2, -0.15) is 8.42 Å². The maximum absolute atomic E-state index is 11.4. The van der Waals surface area contributed by atoms with E-state index < -0.39 is 21.1 Å². The summed E-state index contributed by atoms with van der Waals surface area (Å²) in [5.41, 5.74) is 0.461. The summed E-state index contributed by atoms with van der Waals surface area (Å²) in [5.74, 6) is -0.464. The highest BCUT2D eigenvalue weighted by Crippen LogP contribution is 2.22. The predicted octanol–water partition coefficient (Wildman–Crippen LogP) is 1.55. The van der Waals surface area contributed by atoms with Crippen LogP contribution in [-0.4, -0.2) is 23.4 Å². The molecule has 0 saturated carbocycles. The van der Waals surface area contributed by atoms with E-state index in [1.54, 1.807) is 24.3 Å². The van der Waals surface area contributed by atoms with E-state index in [-0.39, 0.29) is 0 Å². The van der Waals surface area contributed by atoms with E-state index in [9.17, 15) is 13.2 Å². The van der Waals surface area contributed by atoms with Gasteiger partial charge in [-0.25, -0.2) is 0 Å². The van der Waals surface area contributed by atoms with Gasteiger partial charge in [-0.05, 0) is 12.1 Å². The first-order valence-corrected chi connectivity index (χ1v) is 5.94. The number of rotatable bonds is 1. The molecule has 0 spiro atoms. The number of para-hydroxylation sites is 1. The van der Waals surface area contributed by atoms with E-state index in [1.807, 2.05) is 0 Å². The lowest BCUT2D eigenvalue weighted by Crippen LogP contribution is -2.13. The first-order valence-electron chi connectivity index (χ1n) is 4.50. The van der Waals surface area contributed by atoms with Crippen LogP contribution < -0.4 is 0 Å². The highest BCUT2D eigenvalue weighted by molar-refractivity contribution is 7.85. The van der Waals surface area contributed by atoms with Crippen LogP contribution in [0.5, 0.6) is 0 Å². The third-order valence-corrected chi connectivity index (χ3v) is 3.09. The number of carbonyl (C=O) groups is 1. The molecule has 1 heterocycles. The maximum Gasteiger partial charge on any atom is 0.310 e. The van der Waals surface area contributed by atoms with Gasteiger partial charge in [0.1, 0.15) is 0 Å². The largest absolute Gasteiger partial charge is 0.310 e. The molecule has 1 aromatic carbocycles. The van der Waals surface area contributed by atoms with Gasteiger partial charge in [0.25, 0.3) is 0 Å². The molecule has 0 saturated heterocycles. The zero-order valence-electron chi connectivity index (χ0n) is 8.41. The van der Waals surface area contributed by atoms with E-state index in [2.05, 4.69) is 0 Å². The van der Waals surface area contributed by atoms with Crippen molar-refractivity contribution in [3.8, 4) is 0 Å². The Bertz CT molecular complexity index is 669. The second kappa shape index (κ2) is 3.43. The molecule has 0 atom stereocenters. The molecule has 0 aliphatic heterocycles. The van der Waals surface area contributed by atoms with Gasteiger partial charge in [0, 0.05) is 12.3 Å². The van der Waals surface area contributed by atoms with Crippen LogP contribution in [0.25, 0.3) is 10.9 Å². The Balaban J connectivity index is 2.95. The van der Waals surface area contributed by atoms with Crippen molar-refractivity contribution < 1.29 is 17.8 Å². The third-order valence-electron chi connectivity index (χ3n) is 2.26. The molecule has 0 aliphatic rings. The summed E-state index contributed by atoms with van der Waals surface area (Å²) < 4.78 is 32.2. The standard InChI is InChI=1S/C10H9NO4S/c1-7(12)11-9-5-3-2-4-8(9)6-10(11)16(13,14)15/h2-6H,1H3,(H,13,14,15). The molecule has 1 aromatic heterocycles. The molecule has 5 nitrogen and oxygen atoms in total. The van der Waals surface area contributed by atoms with Crippen molar-refractivity contribution in [1.82, 2.24) is 4.57 Å². The summed E-state index contributed by atoms with van der Waals surface area (Å²) in [4.78, 5) is 11.4. The van der Waals surface area contributed by atoms with Crippen LogP contribution in [-0.2, 0) is 10.1 Å². The minimum Gasteiger partial charge on any atom is -0.281 e. The monoisotopic (exact) mass is 239 g/mol. The van der Waals surface area contributed by atoms with E-state index in [4.69, 9.17) is 4.55 Å². The summed E-state index contributed by atoms with van der Waals surface area (Å²) >= 11 is 0. The maximum atomic E-state index is 11.4. The minimum atomic E-state index is -4.40. The summed E-state index contributed by atoms with van der Waals surface area (Å²) in [6.07, 6.45) is 0. The Kier molecular flexibility index (Phi) is 2.32. The number of hydrogen-bond acceptors (Lipinski definition) is 3. The Morgan fingerprint density at radius 2 is 1.94 bits per heavy atom. The lowest BCUT2D eigenvalue weighted by molar-refractivity contribution is 0.0931. The molecule has 1 N–H and O–H groups in total. The number of hydrogen-bond donors (Lipinski definition) is 1. The molecule has 6 heteroatoms. The van der Waals surface area contributed by atoms with Crippen LogP contribution in [0, 0.1) is 0 Å². The highest BCUT2D eigenvalue weighted by atomic mass is 32.2. The van der Waals surface area contributed by atoms with E-state index >= 15 is 0 Å². The highest BCUT2D eigenvalue weighted by Gasteiger charge is 2.20. The lowest BCUT2D eigenvalue weighted by atomic mass is 10.2. The molecule has 0 radical (unpaired) electrons. The number of aromatic nitrogens is 1. The van der Waals surface area contributed by atoms with Crippen molar-refractivity contribution in [3.63, 3.8) is 0 Å². The smallest absolute Gasteiger partial charge is 0.281 e. The zero-order valence-corrected chi connectivity index (χ0v) is 9.23. The average Bonchev–Trinajstić information content (AvgIpc) is 2.55. The molecule has 0 bridgehead atoms. The van der Waals surface area contributed by atoms with Crippen LogP contribution in [0.2, 0.25) is 0 Å². The van der Waals surface area contributed by atoms with E-state index in [0.717, 1.165) is 4.57 Å².